The first-order valence-corrected chi connectivity index (χ1v) is 27.9. The zero-order valence-corrected chi connectivity index (χ0v) is 37.4. The maximum atomic E-state index is 11.1. The van der Waals surface area contributed by atoms with Gasteiger partial charge in [-0.05, 0) is 123 Å². The van der Waals surface area contributed by atoms with Crippen molar-refractivity contribution < 1.29 is 23.2 Å². The molecule has 0 spiro atoms. The van der Waals surface area contributed by atoms with Crippen molar-refractivity contribution in [3.63, 3.8) is 0 Å². The summed E-state index contributed by atoms with van der Waals surface area (Å²) in [6, 6.07) is 10.9. The molecule has 0 bridgehead atoms. The molecule has 0 radical (unpaired) electrons. The minimum Gasteiger partial charge on any atom is -0.481 e. The summed E-state index contributed by atoms with van der Waals surface area (Å²) < 4.78 is 21.9. The van der Waals surface area contributed by atoms with E-state index >= 15 is 0 Å². The normalized spacial score (nSPS) is 22.2. The van der Waals surface area contributed by atoms with E-state index in [0.29, 0.717) is 18.3 Å². The second-order valence-electron chi connectivity index (χ2n) is 19.5. The number of allylic oxidation sites excluding steroid dienone is 2. The first kappa shape index (κ1) is 44.1. The number of rotatable bonds is 18. The molecule has 2 unspecified atom stereocenters. The molecule has 282 valence electrons. The number of carbonyl (C=O) groups is 1. The van der Waals surface area contributed by atoms with E-state index in [4.69, 9.17) is 18.4 Å². The fourth-order valence-electron chi connectivity index (χ4n) is 6.19. The number of aryl methyl sites for hydroxylation is 1. The molecule has 8 heteroatoms. The minimum absolute atomic E-state index is 0.123. The Bertz CT molecular complexity index is 1170. The Morgan fingerprint density at radius 2 is 1.29 bits per heavy atom. The van der Waals surface area contributed by atoms with Crippen molar-refractivity contribution in [2.24, 2.45) is 11.8 Å². The van der Waals surface area contributed by atoms with Crippen molar-refractivity contribution in [1.29, 1.82) is 0 Å². The number of benzene rings is 1. The Morgan fingerprint density at radius 1 is 0.776 bits per heavy atom. The third kappa shape index (κ3) is 13.5. The molecule has 1 aromatic rings. The number of unbranched alkanes of at least 4 members (excludes halogenated alkanes) is 1. The lowest BCUT2D eigenvalue weighted by molar-refractivity contribution is -0.137. The van der Waals surface area contributed by atoms with Crippen LogP contribution in [0.1, 0.15) is 119 Å². The second-order valence-corrected chi connectivity index (χ2v) is 33.8. The van der Waals surface area contributed by atoms with Crippen LogP contribution in [0.25, 0.3) is 0 Å². The average molecular weight is 733 g/mol. The molecule has 1 aliphatic rings. The van der Waals surface area contributed by atoms with Gasteiger partial charge in [0.25, 0.3) is 0 Å². The van der Waals surface area contributed by atoms with Crippen molar-refractivity contribution in [2.75, 3.05) is 0 Å². The quantitative estimate of drug-likeness (QED) is 0.0925. The van der Waals surface area contributed by atoms with Gasteiger partial charge < -0.3 is 18.4 Å². The SMILES string of the molecule is CC(C)(C)[Si](C)(C)OC1CC(O[Si](C)(C)C(C)(C)C)[C@H](CC[C@@H](CCc2ccccc2)O[Si](C)(C)C(C)(C)C)[C@H]1C/C=C\CCCC(=O)O. The van der Waals surface area contributed by atoms with Crippen molar-refractivity contribution in [3.8, 4) is 0 Å². The fourth-order valence-corrected chi connectivity index (χ4v) is 10.4. The highest BCUT2D eigenvalue weighted by Gasteiger charge is 2.51. The summed E-state index contributed by atoms with van der Waals surface area (Å²) in [6.45, 7) is 35.4. The lowest BCUT2D eigenvalue weighted by Gasteiger charge is -2.41. The molecule has 0 aromatic heterocycles. The molecule has 1 N–H and O–H groups in total. The van der Waals surface area contributed by atoms with Crippen LogP contribution in [0.3, 0.4) is 0 Å². The number of carboxylic acids is 1. The van der Waals surface area contributed by atoms with Gasteiger partial charge >= 0.3 is 5.97 Å². The van der Waals surface area contributed by atoms with E-state index in [9.17, 15) is 4.79 Å². The van der Waals surface area contributed by atoms with E-state index in [1.807, 2.05) is 0 Å². The highest BCUT2D eigenvalue weighted by Crippen LogP contribution is 2.49. The summed E-state index contributed by atoms with van der Waals surface area (Å²) in [5.74, 6) is -0.00323. The molecular weight excluding hydrogens is 657 g/mol. The van der Waals surface area contributed by atoms with Gasteiger partial charge in [0.15, 0.2) is 25.0 Å². The molecule has 2 rings (SSSR count). The topological polar surface area (TPSA) is 65.0 Å². The highest BCUT2D eigenvalue weighted by molar-refractivity contribution is 6.75. The zero-order valence-electron chi connectivity index (χ0n) is 34.4. The van der Waals surface area contributed by atoms with Gasteiger partial charge in [-0.25, -0.2) is 0 Å². The first-order chi connectivity index (χ1) is 22.3. The summed E-state index contributed by atoms with van der Waals surface area (Å²) in [5, 5.41) is 9.53. The monoisotopic (exact) mass is 733 g/mol. The molecular formula is C41H76O5Si3. The smallest absolute Gasteiger partial charge is 0.303 e. The predicted molar refractivity (Wildman–Crippen MR) is 217 cm³/mol. The third-order valence-corrected chi connectivity index (χ3v) is 26.0. The standard InChI is InChI=1S/C41H76O5Si3/c1-39(2,3)47(10,11)44-33(28-27-32-23-19-18-20-24-32)29-30-35-34(25-21-16-17-22-26-38(42)43)36(45-48(12,13)40(4,5)6)31-37(35)46-49(14,15)41(7,8)9/h16,18-21,23-24,33-37H,17,22,25-31H2,1-15H3,(H,42,43)/b21-16-/t33-,34-,35-,36?,37?/m1/s1. The van der Waals surface area contributed by atoms with E-state index in [-0.39, 0.29) is 39.8 Å². The molecule has 0 amide bonds. The molecule has 0 heterocycles. The highest BCUT2D eigenvalue weighted by atomic mass is 28.4. The number of carboxylic acid groups (broad SMARTS) is 1. The molecule has 1 saturated carbocycles. The maximum absolute atomic E-state index is 11.1. The van der Waals surface area contributed by atoms with Crippen LogP contribution in [0, 0.1) is 11.8 Å². The van der Waals surface area contributed by atoms with Gasteiger partial charge in [-0.15, -0.1) is 0 Å². The van der Waals surface area contributed by atoms with Gasteiger partial charge in [-0.3, -0.25) is 4.79 Å². The lowest BCUT2D eigenvalue weighted by atomic mass is 9.85. The van der Waals surface area contributed by atoms with Crippen LogP contribution < -0.4 is 0 Å². The fraction of sp³-hybridized carbons (Fsp3) is 0.780. The first-order valence-electron chi connectivity index (χ1n) is 19.2. The number of hydrogen-bond donors (Lipinski definition) is 1. The zero-order chi connectivity index (χ0) is 37.5. The van der Waals surface area contributed by atoms with E-state index in [2.05, 4.69) is 144 Å². The summed E-state index contributed by atoms with van der Waals surface area (Å²) in [5.41, 5.74) is 1.38. The summed E-state index contributed by atoms with van der Waals surface area (Å²) >= 11 is 0. The molecule has 0 aliphatic heterocycles. The van der Waals surface area contributed by atoms with Crippen LogP contribution in [-0.2, 0) is 24.5 Å². The van der Waals surface area contributed by atoms with E-state index in [1.54, 1.807) is 0 Å². The van der Waals surface area contributed by atoms with Gasteiger partial charge in [-0.1, -0.05) is 105 Å². The lowest BCUT2D eigenvalue weighted by Crippen LogP contribution is -2.45. The molecule has 5 atom stereocenters. The van der Waals surface area contributed by atoms with Crippen molar-refractivity contribution >= 4 is 30.9 Å². The van der Waals surface area contributed by atoms with Gasteiger partial charge in [0.1, 0.15) is 0 Å². The minimum atomic E-state index is -2.05. The summed E-state index contributed by atoms with van der Waals surface area (Å²) in [7, 11) is -6.07. The largest absolute Gasteiger partial charge is 0.481 e. The molecule has 49 heavy (non-hydrogen) atoms. The van der Waals surface area contributed by atoms with Gasteiger partial charge in [0.05, 0.1) is 12.2 Å². The van der Waals surface area contributed by atoms with E-state index in [1.165, 1.54) is 5.56 Å². The third-order valence-electron chi connectivity index (χ3n) is 12.5. The molecule has 1 aliphatic carbocycles. The summed E-state index contributed by atoms with van der Waals surface area (Å²) in [4.78, 5) is 11.1. The van der Waals surface area contributed by atoms with E-state index < -0.39 is 30.9 Å². The van der Waals surface area contributed by atoms with Crippen molar-refractivity contribution in [2.45, 2.75) is 193 Å². The Balaban J connectivity index is 2.49. The Morgan fingerprint density at radius 3 is 1.78 bits per heavy atom. The van der Waals surface area contributed by atoms with Crippen LogP contribution in [0.5, 0.6) is 0 Å². The van der Waals surface area contributed by atoms with Crippen LogP contribution >= 0.6 is 0 Å². The predicted octanol–water partition coefficient (Wildman–Crippen LogP) is 12.4. The molecule has 1 aromatic carbocycles. The summed E-state index contributed by atoms with van der Waals surface area (Å²) in [6.07, 6.45) is 12.7. The number of aliphatic carboxylic acids is 1. The van der Waals surface area contributed by atoms with Crippen molar-refractivity contribution in [1.82, 2.24) is 0 Å². The van der Waals surface area contributed by atoms with Gasteiger partial charge in [0, 0.05) is 12.5 Å². The van der Waals surface area contributed by atoms with Crippen molar-refractivity contribution in [3.05, 3.63) is 48.0 Å². The van der Waals surface area contributed by atoms with Gasteiger partial charge in [0.2, 0.25) is 0 Å². The number of hydrogen-bond acceptors (Lipinski definition) is 4. The van der Waals surface area contributed by atoms with Crippen LogP contribution in [-0.4, -0.2) is 54.3 Å². The molecule has 1 fully saturated rings. The Kier molecular flexibility index (Phi) is 15.9. The average Bonchev–Trinajstić information content (AvgIpc) is 3.24. The Labute approximate surface area is 305 Å². The van der Waals surface area contributed by atoms with Crippen LogP contribution in [0.15, 0.2) is 42.5 Å². The Hall–Kier alpha value is -1.04. The van der Waals surface area contributed by atoms with Crippen LogP contribution in [0.4, 0.5) is 0 Å². The molecule has 5 nitrogen and oxygen atoms in total. The second kappa shape index (κ2) is 17.7. The van der Waals surface area contributed by atoms with E-state index in [0.717, 1.165) is 44.9 Å². The van der Waals surface area contributed by atoms with Crippen LogP contribution in [0.2, 0.25) is 54.4 Å². The maximum Gasteiger partial charge on any atom is 0.303 e. The molecule has 0 saturated heterocycles. The van der Waals surface area contributed by atoms with Gasteiger partial charge in [-0.2, -0.15) is 0 Å².